The predicted molar refractivity (Wildman–Crippen MR) is 131 cm³/mol. The average molecular weight is 492 g/mol. The van der Waals surface area contributed by atoms with E-state index in [-0.39, 0.29) is 4.90 Å². The van der Waals surface area contributed by atoms with Crippen molar-refractivity contribution in [3.63, 3.8) is 0 Å². The smallest absolute Gasteiger partial charge is 0.246 e. The van der Waals surface area contributed by atoms with E-state index in [4.69, 9.17) is 21.3 Å². The summed E-state index contributed by atoms with van der Waals surface area (Å²) in [6.45, 7) is 8.21. The Kier molecular flexibility index (Phi) is 6.49. The van der Waals surface area contributed by atoms with Gasteiger partial charge < -0.3 is 9.64 Å². The first-order chi connectivity index (χ1) is 15.2. The number of ether oxygens (including phenoxy) is 1. The summed E-state index contributed by atoms with van der Waals surface area (Å²) in [5, 5.41) is 3.36. The molecule has 6 nitrogen and oxygen atoms in total. The first-order valence-corrected chi connectivity index (χ1v) is 13.0. The van der Waals surface area contributed by atoms with Crippen LogP contribution in [0, 0.1) is 20.8 Å². The van der Waals surface area contributed by atoms with Gasteiger partial charge in [0.05, 0.1) is 12.8 Å². The number of hydrogen-bond acceptors (Lipinski definition) is 6. The molecule has 0 spiro atoms. The quantitative estimate of drug-likeness (QED) is 0.507. The van der Waals surface area contributed by atoms with E-state index in [1.807, 2.05) is 0 Å². The number of aryl methyl sites for hydroxylation is 3. The standard InChI is InChI=1S/C23H26ClN3O3S2/c1-15-11-16(2)22(17(3)12-15)19-14-31-23(25-19)26-7-9-27(10-8-26)32(28,29)21-13-18(24)5-6-20(21)30-4/h5-6,11-14H,7-10H2,1-4H3. The molecule has 3 aromatic rings. The SMILES string of the molecule is COc1ccc(Cl)cc1S(=O)(=O)N1CCN(c2nc(-c3c(C)cc(C)cc3C)cs2)CC1. The van der Waals surface area contributed by atoms with Crippen molar-refractivity contribution in [1.82, 2.24) is 9.29 Å². The first kappa shape index (κ1) is 23.0. The lowest BCUT2D eigenvalue weighted by molar-refractivity contribution is 0.374. The van der Waals surface area contributed by atoms with E-state index in [1.165, 1.54) is 39.7 Å². The number of aromatic nitrogens is 1. The van der Waals surface area contributed by atoms with Gasteiger partial charge in [-0.05, 0) is 50.1 Å². The fraction of sp³-hybridized carbons (Fsp3) is 0.348. The molecule has 1 fully saturated rings. The van der Waals surface area contributed by atoms with Gasteiger partial charge in [-0.3, -0.25) is 0 Å². The van der Waals surface area contributed by atoms with Crippen molar-refractivity contribution in [3.05, 3.63) is 57.4 Å². The zero-order chi connectivity index (χ0) is 23.0. The molecule has 0 N–H and O–H groups in total. The molecular formula is C23H26ClN3O3S2. The second kappa shape index (κ2) is 9.02. The normalized spacial score (nSPS) is 15.2. The molecule has 0 bridgehead atoms. The molecule has 1 aromatic heterocycles. The molecule has 2 heterocycles. The molecule has 0 atom stereocenters. The van der Waals surface area contributed by atoms with E-state index in [1.54, 1.807) is 23.5 Å². The van der Waals surface area contributed by atoms with Crippen molar-refractivity contribution in [1.29, 1.82) is 0 Å². The van der Waals surface area contributed by atoms with Crippen LogP contribution in [-0.2, 0) is 10.0 Å². The molecule has 0 aliphatic carbocycles. The molecular weight excluding hydrogens is 466 g/mol. The third kappa shape index (κ3) is 4.37. The Labute approximate surface area is 198 Å². The third-order valence-corrected chi connectivity index (χ3v) is 8.73. The van der Waals surface area contributed by atoms with Crippen molar-refractivity contribution in [2.75, 3.05) is 38.2 Å². The summed E-state index contributed by atoms with van der Waals surface area (Å²) in [5.74, 6) is 0.297. The Morgan fingerprint density at radius 2 is 1.69 bits per heavy atom. The number of rotatable bonds is 5. The highest BCUT2D eigenvalue weighted by Crippen LogP contribution is 2.34. The van der Waals surface area contributed by atoms with Crippen LogP contribution in [0.3, 0.4) is 0 Å². The van der Waals surface area contributed by atoms with Gasteiger partial charge in [-0.15, -0.1) is 11.3 Å². The first-order valence-electron chi connectivity index (χ1n) is 10.3. The average Bonchev–Trinajstić information content (AvgIpc) is 3.22. The zero-order valence-corrected chi connectivity index (χ0v) is 20.9. The molecule has 9 heteroatoms. The molecule has 0 amide bonds. The summed E-state index contributed by atoms with van der Waals surface area (Å²) >= 11 is 7.65. The minimum absolute atomic E-state index is 0.0998. The number of anilines is 1. The van der Waals surface area contributed by atoms with Crippen LogP contribution >= 0.6 is 22.9 Å². The number of thiazole rings is 1. The van der Waals surface area contributed by atoms with Crippen LogP contribution in [0.25, 0.3) is 11.3 Å². The van der Waals surface area contributed by atoms with Crippen LogP contribution in [0.4, 0.5) is 5.13 Å². The molecule has 1 saturated heterocycles. The number of nitrogens with zero attached hydrogens (tertiary/aromatic N) is 3. The zero-order valence-electron chi connectivity index (χ0n) is 18.6. The van der Waals surface area contributed by atoms with Crippen LogP contribution in [-0.4, -0.2) is 51.0 Å². The molecule has 0 radical (unpaired) electrons. The maximum absolute atomic E-state index is 13.2. The highest BCUT2D eigenvalue weighted by atomic mass is 35.5. The highest BCUT2D eigenvalue weighted by molar-refractivity contribution is 7.89. The van der Waals surface area contributed by atoms with Crippen molar-refractivity contribution in [2.45, 2.75) is 25.7 Å². The summed E-state index contributed by atoms with van der Waals surface area (Å²) in [6, 6.07) is 9.00. The molecule has 4 rings (SSSR count). The Bertz CT molecular complexity index is 1230. The molecule has 32 heavy (non-hydrogen) atoms. The lowest BCUT2D eigenvalue weighted by atomic mass is 9.98. The van der Waals surface area contributed by atoms with Gasteiger partial charge in [0.2, 0.25) is 10.0 Å². The topological polar surface area (TPSA) is 62.7 Å². The fourth-order valence-electron chi connectivity index (χ4n) is 4.22. The van der Waals surface area contributed by atoms with Crippen molar-refractivity contribution in [3.8, 4) is 17.0 Å². The van der Waals surface area contributed by atoms with Gasteiger partial charge in [0.1, 0.15) is 10.6 Å². The second-order valence-electron chi connectivity index (χ2n) is 7.98. The van der Waals surface area contributed by atoms with E-state index in [0.29, 0.717) is 37.0 Å². The summed E-state index contributed by atoms with van der Waals surface area (Å²) in [5.41, 5.74) is 5.82. The van der Waals surface area contributed by atoms with E-state index in [2.05, 4.69) is 43.2 Å². The number of hydrogen-bond donors (Lipinski definition) is 0. The van der Waals surface area contributed by atoms with E-state index in [0.717, 1.165) is 10.8 Å². The largest absolute Gasteiger partial charge is 0.495 e. The summed E-state index contributed by atoms with van der Waals surface area (Å²) in [4.78, 5) is 7.13. The van der Waals surface area contributed by atoms with E-state index >= 15 is 0 Å². The van der Waals surface area contributed by atoms with Gasteiger partial charge in [0.15, 0.2) is 5.13 Å². The summed E-state index contributed by atoms with van der Waals surface area (Å²) in [6.07, 6.45) is 0. The lowest BCUT2D eigenvalue weighted by Crippen LogP contribution is -2.48. The minimum atomic E-state index is -3.71. The number of methoxy groups -OCH3 is 1. The van der Waals surface area contributed by atoms with Crippen molar-refractivity contribution < 1.29 is 13.2 Å². The van der Waals surface area contributed by atoms with Gasteiger partial charge in [-0.1, -0.05) is 29.3 Å². The highest BCUT2D eigenvalue weighted by Gasteiger charge is 2.32. The Morgan fingerprint density at radius 3 is 2.31 bits per heavy atom. The molecule has 0 saturated carbocycles. The molecule has 0 unspecified atom stereocenters. The number of benzene rings is 2. The Balaban J connectivity index is 1.51. The molecule has 170 valence electrons. The molecule has 2 aromatic carbocycles. The van der Waals surface area contributed by atoms with Crippen molar-refractivity contribution in [2.24, 2.45) is 0 Å². The van der Waals surface area contributed by atoms with Crippen molar-refractivity contribution >= 4 is 38.1 Å². The maximum atomic E-state index is 13.2. The van der Waals surface area contributed by atoms with Crippen LogP contribution < -0.4 is 9.64 Å². The molecule has 1 aliphatic heterocycles. The number of sulfonamides is 1. The van der Waals surface area contributed by atoms with Gasteiger partial charge in [0, 0.05) is 42.1 Å². The van der Waals surface area contributed by atoms with Gasteiger partial charge in [0.25, 0.3) is 0 Å². The second-order valence-corrected chi connectivity index (χ2v) is 11.2. The van der Waals surface area contributed by atoms with Crippen LogP contribution in [0.1, 0.15) is 16.7 Å². The van der Waals surface area contributed by atoms with E-state index < -0.39 is 10.0 Å². The minimum Gasteiger partial charge on any atom is -0.495 e. The number of halogens is 1. The van der Waals surface area contributed by atoms with Crippen LogP contribution in [0.2, 0.25) is 5.02 Å². The van der Waals surface area contributed by atoms with E-state index in [9.17, 15) is 8.42 Å². The monoisotopic (exact) mass is 491 g/mol. The Hall–Kier alpha value is -2.13. The summed E-state index contributed by atoms with van der Waals surface area (Å²) in [7, 11) is -2.25. The van der Waals surface area contributed by atoms with Gasteiger partial charge in [-0.25, -0.2) is 13.4 Å². The van der Waals surface area contributed by atoms with Crippen LogP contribution in [0.15, 0.2) is 40.6 Å². The maximum Gasteiger partial charge on any atom is 0.246 e. The Morgan fingerprint density at radius 1 is 1.03 bits per heavy atom. The van der Waals surface area contributed by atoms with Gasteiger partial charge >= 0.3 is 0 Å². The molecule has 1 aliphatic rings. The summed E-state index contributed by atoms with van der Waals surface area (Å²) < 4.78 is 33.2. The number of piperazine rings is 1. The predicted octanol–water partition coefficient (Wildman–Crippen LogP) is 4.91. The van der Waals surface area contributed by atoms with Gasteiger partial charge in [-0.2, -0.15) is 4.31 Å². The third-order valence-electron chi connectivity index (χ3n) is 5.68. The van der Waals surface area contributed by atoms with Crippen LogP contribution in [0.5, 0.6) is 5.75 Å². The lowest BCUT2D eigenvalue weighted by Gasteiger charge is -2.34. The fourth-order valence-corrected chi connectivity index (χ4v) is 6.93.